The molecule has 0 saturated heterocycles. The number of pyridine rings is 1. The van der Waals surface area contributed by atoms with Crippen molar-refractivity contribution in [1.82, 2.24) is 10.3 Å². The fourth-order valence-electron chi connectivity index (χ4n) is 3.45. The highest BCUT2D eigenvalue weighted by Crippen LogP contribution is 2.26. The second kappa shape index (κ2) is 11.1. The summed E-state index contributed by atoms with van der Waals surface area (Å²) in [4.78, 5) is 31.1. The summed E-state index contributed by atoms with van der Waals surface area (Å²) >= 11 is 0. The van der Waals surface area contributed by atoms with E-state index in [9.17, 15) is 9.59 Å². The van der Waals surface area contributed by atoms with Crippen LogP contribution < -0.4 is 15.5 Å². The van der Waals surface area contributed by atoms with Gasteiger partial charge in [-0.05, 0) is 55.8 Å². The van der Waals surface area contributed by atoms with E-state index in [0.717, 1.165) is 24.2 Å². The molecule has 3 aromatic rings. The van der Waals surface area contributed by atoms with E-state index in [1.54, 1.807) is 31.3 Å². The predicted octanol–water partition coefficient (Wildman–Crippen LogP) is 4.87. The van der Waals surface area contributed by atoms with Crippen LogP contribution in [-0.4, -0.2) is 29.9 Å². The fourth-order valence-corrected chi connectivity index (χ4v) is 3.45. The molecule has 2 aromatic carbocycles. The highest BCUT2D eigenvalue weighted by molar-refractivity contribution is 5.96. The van der Waals surface area contributed by atoms with Crippen molar-refractivity contribution < 1.29 is 9.59 Å². The molecule has 1 heterocycles. The largest absolute Gasteiger partial charge is 0.372 e. The van der Waals surface area contributed by atoms with Crippen LogP contribution in [0.5, 0.6) is 0 Å². The van der Waals surface area contributed by atoms with Crippen LogP contribution in [0.3, 0.4) is 0 Å². The molecule has 0 unspecified atom stereocenters. The number of hydrogen-bond donors (Lipinski definition) is 2. The lowest BCUT2D eigenvalue weighted by Gasteiger charge is -2.21. The minimum atomic E-state index is -0.134. The first-order valence-corrected chi connectivity index (χ1v) is 11.0. The maximum atomic E-state index is 12.6. The van der Waals surface area contributed by atoms with E-state index in [-0.39, 0.29) is 11.8 Å². The van der Waals surface area contributed by atoms with E-state index >= 15 is 0 Å². The molecule has 3 rings (SSSR count). The molecular formula is C26H30N4O2. The third kappa shape index (κ3) is 5.72. The Bertz CT molecular complexity index is 1040. The summed E-state index contributed by atoms with van der Waals surface area (Å²) in [6.07, 6.45) is 2.08. The molecule has 0 aliphatic carbocycles. The highest BCUT2D eigenvalue weighted by atomic mass is 16.2. The standard InChI is InChI=1S/C26H30N4O2/c1-4-24(31)29-23-8-7-17-27-25(23)20-11-13-21(14-12-20)26(32)28-18-19-9-15-22(16-10-19)30(5-2)6-3/h7-17H,4-6,18H2,1-3H3,(H,28,32)(H,29,31). The molecule has 6 nitrogen and oxygen atoms in total. The summed E-state index contributed by atoms with van der Waals surface area (Å²) in [6.45, 7) is 8.48. The topological polar surface area (TPSA) is 74.3 Å². The van der Waals surface area contributed by atoms with Gasteiger partial charge in [-0.2, -0.15) is 0 Å². The zero-order valence-electron chi connectivity index (χ0n) is 18.9. The summed E-state index contributed by atoms with van der Waals surface area (Å²) in [5.41, 5.74) is 4.98. The fraction of sp³-hybridized carbons (Fsp3) is 0.269. The summed E-state index contributed by atoms with van der Waals surface area (Å²) in [5.74, 6) is -0.203. The Morgan fingerprint density at radius 3 is 2.22 bits per heavy atom. The predicted molar refractivity (Wildman–Crippen MR) is 130 cm³/mol. The summed E-state index contributed by atoms with van der Waals surface area (Å²) < 4.78 is 0. The summed E-state index contributed by atoms with van der Waals surface area (Å²) in [5, 5.41) is 5.84. The average Bonchev–Trinajstić information content (AvgIpc) is 2.84. The first kappa shape index (κ1) is 23.0. The molecule has 0 saturated carbocycles. The molecule has 0 atom stereocenters. The maximum Gasteiger partial charge on any atom is 0.251 e. The van der Waals surface area contributed by atoms with Crippen LogP contribution in [0.15, 0.2) is 66.9 Å². The molecule has 32 heavy (non-hydrogen) atoms. The van der Waals surface area contributed by atoms with Gasteiger partial charge >= 0.3 is 0 Å². The Morgan fingerprint density at radius 2 is 1.59 bits per heavy atom. The Balaban J connectivity index is 1.64. The number of nitrogens with zero attached hydrogens (tertiary/aromatic N) is 2. The molecule has 1 aromatic heterocycles. The summed E-state index contributed by atoms with van der Waals surface area (Å²) in [6, 6.07) is 19.1. The minimum Gasteiger partial charge on any atom is -0.372 e. The summed E-state index contributed by atoms with van der Waals surface area (Å²) in [7, 11) is 0. The smallest absolute Gasteiger partial charge is 0.251 e. The van der Waals surface area contributed by atoms with Crippen molar-refractivity contribution in [2.24, 2.45) is 0 Å². The molecule has 0 radical (unpaired) electrons. The lowest BCUT2D eigenvalue weighted by atomic mass is 10.1. The normalized spacial score (nSPS) is 10.5. The third-order valence-corrected chi connectivity index (χ3v) is 5.34. The van der Waals surface area contributed by atoms with E-state index in [4.69, 9.17) is 0 Å². The van der Waals surface area contributed by atoms with E-state index in [0.29, 0.717) is 29.9 Å². The van der Waals surface area contributed by atoms with E-state index in [2.05, 4.69) is 46.5 Å². The number of nitrogens with one attached hydrogen (secondary N) is 2. The number of carbonyl (C=O) groups is 2. The number of hydrogen-bond acceptors (Lipinski definition) is 4. The van der Waals surface area contributed by atoms with Gasteiger partial charge in [0.15, 0.2) is 0 Å². The van der Waals surface area contributed by atoms with Crippen LogP contribution in [0.4, 0.5) is 11.4 Å². The number of anilines is 2. The molecule has 0 bridgehead atoms. The SMILES string of the molecule is CCC(=O)Nc1cccnc1-c1ccc(C(=O)NCc2ccc(N(CC)CC)cc2)cc1. The van der Waals surface area contributed by atoms with Gasteiger partial charge in [-0.1, -0.05) is 31.2 Å². The first-order chi connectivity index (χ1) is 15.5. The molecular weight excluding hydrogens is 400 g/mol. The van der Waals surface area contributed by atoms with E-state index < -0.39 is 0 Å². The van der Waals surface area contributed by atoms with Crippen molar-refractivity contribution in [2.75, 3.05) is 23.3 Å². The van der Waals surface area contributed by atoms with Crippen molar-refractivity contribution in [3.05, 3.63) is 78.0 Å². The number of benzene rings is 2. The zero-order chi connectivity index (χ0) is 22.9. The van der Waals surface area contributed by atoms with Crippen LogP contribution in [0, 0.1) is 0 Å². The van der Waals surface area contributed by atoms with Crippen molar-refractivity contribution in [3.8, 4) is 11.3 Å². The van der Waals surface area contributed by atoms with Crippen molar-refractivity contribution in [2.45, 2.75) is 33.7 Å². The maximum absolute atomic E-state index is 12.6. The van der Waals surface area contributed by atoms with Crippen LogP contribution in [-0.2, 0) is 11.3 Å². The van der Waals surface area contributed by atoms with Crippen molar-refractivity contribution in [3.63, 3.8) is 0 Å². The van der Waals surface area contributed by atoms with Gasteiger partial charge in [0, 0.05) is 49.1 Å². The molecule has 2 N–H and O–H groups in total. The number of carbonyl (C=O) groups excluding carboxylic acids is 2. The van der Waals surface area contributed by atoms with E-state index in [1.165, 1.54) is 5.69 Å². The second-order valence-corrected chi connectivity index (χ2v) is 7.40. The Morgan fingerprint density at radius 1 is 0.906 bits per heavy atom. The molecule has 166 valence electrons. The average molecular weight is 431 g/mol. The zero-order valence-corrected chi connectivity index (χ0v) is 18.9. The molecule has 6 heteroatoms. The molecule has 0 spiro atoms. The lowest BCUT2D eigenvalue weighted by Crippen LogP contribution is -2.23. The molecule has 0 aliphatic rings. The molecule has 0 fully saturated rings. The van der Waals surface area contributed by atoms with Gasteiger partial charge < -0.3 is 15.5 Å². The molecule has 0 aliphatic heterocycles. The number of amides is 2. The third-order valence-electron chi connectivity index (χ3n) is 5.34. The Labute approximate surface area is 189 Å². The van der Waals surface area contributed by atoms with Crippen LogP contribution in [0.2, 0.25) is 0 Å². The van der Waals surface area contributed by atoms with Gasteiger partial charge in [0.05, 0.1) is 11.4 Å². The molecule has 2 amide bonds. The Kier molecular flexibility index (Phi) is 7.97. The quantitative estimate of drug-likeness (QED) is 0.508. The van der Waals surface area contributed by atoms with Gasteiger partial charge in [-0.3, -0.25) is 14.6 Å². The number of rotatable bonds is 9. The van der Waals surface area contributed by atoms with Gasteiger partial charge in [0.25, 0.3) is 5.91 Å². The van der Waals surface area contributed by atoms with Crippen molar-refractivity contribution >= 4 is 23.2 Å². The minimum absolute atomic E-state index is 0.0691. The van der Waals surface area contributed by atoms with E-state index in [1.807, 2.05) is 30.3 Å². The monoisotopic (exact) mass is 430 g/mol. The van der Waals surface area contributed by atoms with Gasteiger partial charge in [-0.15, -0.1) is 0 Å². The highest BCUT2D eigenvalue weighted by Gasteiger charge is 2.11. The van der Waals surface area contributed by atoms with Crippen LogP contribution >= 0.6 is 0 Å². The van der Waals surface area contributed by atoms with Gasteiger partial charge in [0.1, 0.15) is 0 Å². The Hall–Kier alpha value is -3.67. The van der Waals surface area contributed by atoms with Crippen LogP contribution in [0.1, 0.15) is 43.1 Å². The number of aromatic nitrogens is 1. The van der Waals surface area contributed by atoms with Gasteiger partial charge in [-0.25, -0.2) is 0 Å². The van der Waals surface area contributed by atoms with Gasteiger partial charge in [0.2, 0.25) is 5.91 Å². The van der Waals surface area contributed by atoms with Crippen LogP contribution in [0.25, 0.3) is 11.3 Å². The second-order valence-electron chi connectivity index (χ2n) is 7.40. The lowest BCUT2D eigenvalue weighted by molar-refractivity contribution is -0.115. The van der Waals surface area contributed by atoms with Crippen molar-refractivity contribution in [1.29, 1.82) is 0 Å². The first-order valence-electron chi connectivity index (χ1n) is 11.0.